The fraction of sp³-hybridized carbons (Fsp3) is 0.474. The molecule has 1 atom stereocenters. The first-order chi connectivity index (χ1) is 12.1. The normalized spacial score (nSPS) is 17.3. The highest BCUT2D eigenvalue weighted by Gasteiger charge is 2.19. The number of benzene rings is 1. The van der Waals surface area contributed by atoms with Crippen LogP contribution in [0.5, 0.6) is 5.75 Å². The molecule has 25 heavy (non-hydrogen) atoms. The molecule has 0 bridgehead atoms. The molecule has 1 aliphatic heterocycles. The lowest BCUT2D eigenvalue weighted by molar-refractivity contribution is 0.0766. The van der Waals surface area contributed by atoms with Crippen molar-refractivity contribution >= 4 is 5.91 Å². The number of aromatic nitrogens is 2. The van der Waals surface area contributed by atoms with Crippen LogP contribution >= 0.6 is 0 Å². The third kappa shape index (κ3) is 4.39. The Balaban J connectivity index is 1.52. The van der Waals surface area contributed by atoms with Gasteiger partial charge >= 0.3 is 0 Å². The van der Waals surface area contributed by atoms with Crippen LogP contribution < -0.4 is 10.1 Å². The SMILES string of the molecule is Cc1ccccc1OCCN(C)C(=O)c1ccn(C2CCCNC2)n1. The van der Waals surface area contributed by atoms with Crippen molar-refractivity contribution in [3.05, 3.63) is 47.8 Å². The summed E-state index contributed by atoms with van der Waals surface area (Å²) in [5.41, 5.74) is 1.58. The lowest BCUT2D eigenvalue weighted by Gasteiger charge is -2.23. The van der Waals surface area contributed by atoms with Crippen molar-refractivity contribution in [3.8, 4) is 5.75 Å². The number of hydrogen-bond acceptors (Lipinski definition) is 4. The van der Waals surface area contributed by atoms with Crippen LogP contribution in [0.15, 0.2) is 36.5 Å². The first kappa shape index (κ1) is 17.5. The molecule has 1 aromatic heterocycles. The second kappa shape index (κ2) is 8.16. The molecule has 1 amide bonds. The summed E-state index contributed by atoms with van der Waals surface area (Å²) in [7, 11) is 1.78. The molecular formula is C19H26N4O2. The molecule has 0 spiro atoms. The molecule has 1 fully saturated rings. The number of carbonyl (C=O) groups excluding carboxylic acids is 1. The minimum absolute atomic E-state index is 0.0732. The number of likely N-dealkylation sites (N-methyl/N-ethyl adjacent to an activating group) is 1. The lowest BCUT2D eigenvalue weighted by Crippen LogP contribution is -2.33. The smallest absolute Gasteiger partial charge is 0.274 e. The van der Waals surface area contributed by atoms with Crippen LogP contribution in [0.1, 0.15) is 34.9 Å². The molecule has 134 valence electrons. The van der Waals surface area contributed by atoms with Crippen LogP contribution in [-0.2, 0) is 0 Å². The third-order valence-electron chi connectivity index (χ3n) is 4.60. The minimum atomic E-state index is -0.0732. The van der Waals surface area contributed by atoms with E-state index in [1.54, 1.807) is 18.0 Å². The highest BCUT2D eigenvalue weighted by atomic mass is 16.5. The molecule has 3 rings (SSSR count). The van der Waals surface area contributed by atoms with E-state index in [0.717, 1.165) is 37.2 Å². The molecule has 1 saturated heterocycles. The number of nitrogens with zero attached hydrogens (tertiary/aromatic N) is 3. The van der Waals surface area contributed by atoms with Gasteiger partial charge in [-0.3, -0.25) is 9.48 Å². The van der Waals surface area contributed by atoms with Gasteiger partial charge < -0.3 is 15.0 Å². The molecule has 0 radical (unpaired) electrons. The maximum atomic E-state index is 12.5. The fourth-order valence-electron chi connectivity index (χ4n) is 3.02. The number of ether oxygens (including phenoxy) is 1. The van der Waals surface area contributed by atoms with E-state index in [4.69, 9.17) is 4.74 Å². The van der Waals surface area contributed by atoms with Crippen LogP contribution in [0.4, 0.5) is 0 Å². The van der Waals surface area contributed by atoms with Gasteiger partial charge in [0.15, 0.2) is 0 Å². The molecule has 1 aliphatic rings. The summed E-state index contributed by atoms with van der Waals surface area (Å²) in [5.74, 6) is 0.785. The average molecular weight is 342 g/mol. The maximum Gasteiger partial charge on any atom is 0.274 e. The maximum absolute atomic E-state index is 12.5. The van der Waals surface area contributed by atoms with Crippen molar-refractivity contribution < 1.29 is 9.53 Å². The number of rotatable bonds is 6. The van der Waals surface area contributed by atoms with E-state index in [0.29, 0.717) is 24.9 Å². The van der Waals surface area contributed by atoms with Crippen molar-refractivity contribution in [1.82, 2.24) is 20.0 Å². The average Bonchev–Trinajstić information content (AvgIpc) is 3.13. The predicted octanol–water partition coefficient (Wildman–Crippen LogP) is 2.27. The summed E-state index contributed by atoms with van der Waals surface area (Å²) < 4.78 is 7.68. The van der Waals surface area contributed by atoms with E-state index < -0.39 is 0 Å². The number of hydrogen-bond donors (Lipinski definition) is 1. The largest absolute Gasteiger partial charge is 0.491 e. The number of amides is 1. The van der Waals surface area contributed by atoms with Crippen molar-refractivity contribution in [2.75, 3.05) is 33.3 Å². The molecule has 0 saturated carbocycles. The molecule has 1 aromatic carbocycles. The standard InChI is InChI=1S/C19H26N4O2/c1-15-6-3-4-8-18(15)25-13-12-22(2)19(24)17-9-11-23(21-17)16-7-5-10-20-14-16/h3-4,6,8-9,11,16,20H,5,7,10,12-14H2,1-2H3. The Morgan fingerprint density at radius 3 is 3.00 bits per heavy atom. The van der Waals surface area contributed by atoms with Gasteiger partial charge in [0.25, 0.3) is 5.91 Å². The molecule has 2 heterocycles. The van der Waals surface area contributed by atoms with Crippen molar-refractivity contribution in [2.24, 2.45) is 0 Å². The zero-order valence-electron chi connectivity index (χ0n) is 14.9. The van der Waals surface area contributed by atoms with Crippen LogP contribution in [0.25, 0.3) is 0 Å². The van der Waals surface area contributed by atoms with Gasteiger partial charge in [0, 0.05) is 19.8 Å². The summed E-state index contributed by atoms with van der Waals surface area (Å²) in [6.45, 7) is 4.96. The number of aryl methyl sites for hydroxylation is 1. The topological polar surface area (TPSA) is 59.4 Å². The molecule has 1 N–H and O–H groups in total. The second-order valence-corrected chi connectivity index (χ2v) is 6.52. The van der Waals surface area contributed by atoms with E-state index in [1.807, 2.05) is 42.1 Å². The van der Waals surface area contributed by atoms with E-state index in [-0.39, 0.29) is 5.91 Å². The summed E-state index contributed by atoms with van der Waals surface area (Å²) in [5, 5.41) is 7.85. The van der Waals surface area contributed by atoms with Gasteiger partial charge in [-0.05, 0) is 44.0 Å². The quantitative estimate of drug-likeness (QED) is 0.875. The Morgan fingerprint density at radius 1 is 1.40 bits per heavy atom. The summed E-state index contributed by atoms with van der Waals surface area (Å²) in [6, 6.07) is 10.0. The Bertz CT molecular complexity index is 707. The lowest BCUT2D eigenvalue weighted by atomic mass is 10.1. The van der Waals surface area contributed by atoms with Crippen molar-refractivity contribution in [2.45, 2.75) is 25.8 Å². The van der Waals surface area contributed by atoms with Gasteiger partial charge in [0.05, 0.1) is 12.6 Å². The van der Waals surface area contributed by atoms with Crippen LogP contribution in [-0.4, -0.2) is 53.9 Å². The summed E-state index contributed by atoms with van der Waals surface area (Å²) in [4.78, 5) is 14.2. The van der Waals surface area contributed by atoms with Crippen molar-refractivity contribution in [3.63, 3.8) is 0 Å². The van der Waals surface area contributed by atoms with Gasteiger partial charge in [-0.1, -0.05) is 18.2 Å². The number of piperidine rings is 1. The first-order valence-corrected chi connectivity index (χ1v) is 8.85. The number of nitrogens with one attached hydrogen (secondary N) is 1. The molecule has 1 unspecified atom stereocenters. The van der Waals surface area contributed by atoms with Crippen LogP contribution in [0.2, 0.25) is 0 Å². The number of para-hydroxylation sites is 1. The Labute approximate surface area is 148 Å². The summed E-state index contributed by atoms with van der Waals surface area (Å²) in [6.07, 6.45) is 4.15. The van der Waals surface area contributed by atoms with Gasteiger partial charge in [-0.15, -0.1) is 0 Å². The van der Waals surface area contributed by atoms with Gasteiger partial charge in [-0.2, -0.15) is 5.10 Å². The van der Waals surface area contributed by atoms with E-state index >= 15 is 0 Å². The zero-order chi connectivity index (χ0) is 17.6. The molecule has 6 nitrogen and oxygen atoms in total. The zero-order valence-corrected chi connectivity index (χ0v) is 14.9. The van der Waals surface area contributed by atoms with Crippen molar-refractivity contribution in [1.29, 1.82) is 0 Å². The Hall–Kier alpha value is -2.34. The fourth-order valence-corrected chi connectivity index (χ4v) is 3.02. The van der Waals surface area contributed by atoms with E-state index in [1.165, 1.54) is 0 Å². The van der Waals surface area contributed by atoms with Crippen LogP contribution in [0.3, 0.4) is 0 Å². The first-order valence-electron chi connectivity index (χ1n) is 8.85. The van der Waals surface area contributed by atoms with Crippen LogP contribution in [0, 0.1) is 6.92 Å². The monoisotopic (exact) mass is 342 g/mol. The van der Waals surface area contributed by atoms with Gasteiger partial charge in [-0.25, -0.2) is 0 Å². The molecule has 2 aromatic rings. The molecule has 6 heteroatoms. The highest BCUT2D eigenvalue weighted by molar-refractivity contribution is 5.92. The van der Waals surface area contributed by atoms with E-state index in [2.05, 4.69) is 10.4 Å². The van der Waals surface area contributed by atoms with E-state index in [9.17, 15) is 4.79 Å². The Kier molecular flexibility index (Phi) is 5.71. The minimum Gasteiger partial charge on any atom is -0.491 e. The summed E-state index contributed by atoms with van der Waals surface area (Å²) >= 11 is 0. The van der Waals surface area contributed by atoms with Gasteiger partial charge in [0.2, 0.25) is 0 Å². The highest BCUT2D eigenvalue weighted by Crippen LogP contribution is 2.17. The van der Waals surface area contributed by atoms with Gasteiger partial charge in [0.1, 0.15) is 18.1 Å². The molecular weight excluding hydrogens is 316 g/mol. The second-order valence-electron chi connectivity index (χ2n) is 6.52. The number of carbonyl (C=O) groups is 1. The predicted molar refractivity (Wildman–Crippen MR) is 97.0 cm³/mol. The third-order valence-corrected chi connectivity index (χ3v) is 4.60. The molecule has 0 aliphatic carbocycles. The Morgan fingerprint density at radius 2 is 2.24 bits per heavy atom.